The number of carboxylic acid groups (broad SMARTS) is 1. The lowest BCUT2D eigenvalue weighted by atomic mass is 10.0. The molecule has 1 amide bonds. The molecule has 7 N–H and O–H groups in total. The van der Waals surface area contributed by atoms with E-state index in [1.807, 2.05) is 0 Å². The van der Waals surface area contributed by atoms with Crippen molar-refractivity contribution in [2.24, 2.45) is 16.5 Å². The molecule has 182 valence electrons. The van der Waals surface area contributed by atoms with Crippen LogP contribution in [0, 0.1) is 0 Å². The number of sulfonamides is 1. The van der Waals surface area contributed by atoms with Crippen molar-refractivity contribution in [3.8, 4) is 0 Å². The Morgan fingerprint density at radius 1 is 1.00 bits per heavy atom. The molecular weight excluding hydrogens is 494 g/mol. The third-order valence-electron chi connectivity index (χ3n) is 4.70. The highest BCUT2D eigenvalue weighted by atomic mass is 35.5. The van der Waals surface area contributed by atoms with Gasteiger partial charge in [-0.2, -0.15) is 0 Å². The van der Waals surface area contributed by atoms with Crippen molar-refractivity contribution in [1.82, 2.24) is 5.32 Å². The summed E-state index contributed by atoms with van der Waals surface area (Å²) in [4.78, 5) is 27.9. The number of nitrogens with one attached hydrogen (secondary N) is 2. The van der Waals surface area contributed by atoms with Crippen LogP contribution in [0.15, 0.2) is 82.7 Å². The molecule has 0 aliphatic carbocycles. The van der Waals surface area contributed by atoms with E-state index in [2.05, 4.69) is 15.0 Å². The Bertz CT molecular complexity index is 1390. The van der Waals surface area contributed by atoms with E-state index < -0.39 is 34.4 Å². The van der Waals surface area contributed by atoms with Gasteiger partial charge in [0.25, 0.3) is 15.9 Å². The van der Waals surface area contributed by atoms with Gasteiger partial charge in [-0.25, -0.2) is 13.4 Å². The van der Waals surface area contributed by atoms with Gasteiger partial charge in [0.15, 0.2) is 5.96 Å². The molecule has 0 aliphatic rings. The first kappa shape index (κ1) is 25.5. The molecule has 35 heavy (non-hydrogen) atoms. The Morgan fingerprint density at radius 3 is 2.40 bits per heavy atom. The number of amides is 1. The minimum Gasteiger partial charge on any atom is -0.481 e. The number of benzene rings is 3. The highest BCUT2D eigenvalue weighted by Crippen LogP contribution is 2.25. The van der Waals surface area contributed by atoms with Crippen LogP contribution in [0.2, 0.25) is 5.02 Å². The van der Waals surface area contributed by atoms with E-state index in [0.717, 1.165) is 0 Å². The Kier molecular flexibility index (Phi) is 7.94. The van der Waals surface area contributed by atoms with E-state index in [1.165, 1.54) is 36.4 Å². The van der Waals surface area contributed by atoms with Crippen LogP contribution in [-0.4, -0.2) is 31.4 Å². The van der Waals surface area contributed by atoms with Gasteiger partial charge in [0.2, 0.25) is 0 Å². The number of nitrogens with zero attached hydrogens (tertiary/aromatic N) is 1. The number of anilines is 1. The molecule has 1 unspecified atom stereocenters. The number of aliphatic imine (C=N–C) groups is 1. The second kappa shape index (κ2) is 10.9. The number of hydrogen-bond donors (Lipinski definition) is 5. The van der Waals surface area contributed by atoms with E-state index in [4.69, 9.17) is 23.1 Å². The topological polar surface area (TPSA) is 177 Å². The third-order valence-corrected chi connectivity index (χ3v) is 6.31. The first-order chi connectivity index (χ1) is 16.5. The van der Waals surface area contributed by atoms with Crippen molar-refractivity contribution >= 4 is 50.8 Å². The van der Waals surface area contributed by atoms with Gasteiger partial charge in [-0.1, -0.05) is 35.9 Å². The Morgan fingerprint density at radius 2 is 1.71 bits per heavy atom. The zero-order chi connectivity index (χ0) is 25.6. The number of carbonyl (C=O) groups is 2. The van der Waals surface area contributed by atoms with Crippen LogP contribution in [0.4, 0.5) is 11.4 Å². The summed E-state index contributed by atoms with van der Waals surface area (Å²) < 4.78 is 28.2. The molecule has 0 saturated heterocycles. The van der Waals surface area contributed by atoms with Crippen LogP contribution in [0.1, 0.15) is 28.4 Å². The average molecular weight is 516 g/mol. The van der Waals surface area contributed by atoms with Gasteiger partial charge in [0.1, 0.15) is 0 Å². The molecule has 0 spiro atoms. The van der Waals surface area contributed by atoms with Crippen LogP contribution >= 0.6 is 11.6 Å². The maximum atomic E-state index is 12.9. The fraction of sp³-hybridized carbons (Fsp3) is 0.0870. The fourth-order valence-electron chi connectivity index (χ4n) is 3.20. The summed E-state index contributed by atoms with van der Waals surface area (Å²) in [6.45, 7) is 0. The van der Waals surface area contributed by atoms with Gasteiger partial charge in [0, 0.05) is 16.3 Å². The van der Waals surface area contributed by atoms with Crippen molar-refractivity contribution in [3.05, 3.63) is 88.9 Å². The predicted molar refractivity (Wildman–Crippen MR) is 133 cm³/mol. The van der Waals surface area contributed by atoms with Crippen molar-refractivity contribution in [3.63, 3.8) is 0 Å². The molecule has 0 heterocycles. The lowest BCUT2D eigenvalue weighted by Gasteiger charge is -2.19. The van der Waals surface area contributed by atoms with Gasteiger partial charge in [-0.05, 0) is 54.1 Å². The predicted octanol–water partition coefficient (Wildman–Crippen LogP) is 2.99. The fourth-order valence-corrected chi connectivity index (χ4v) is 4.48. The molecule has 12 heteroatoms. The molecule has 0 radical (unpaired) electrons. The third kappa shape index (κ3) is 7.19. The van der Waals surface area contributed by atoms with E-state index >= 15 is 0 Å². The normalized spacial score (nSPS) is 11.8. The number of guanidine groups is 1. The Balaban J connectivity index is 1.86. The van der Waals surface area contributed by atoms with E-state index in [-0.39, 0.29) is 27.8 Å². The molecule has 3 rings (SSSR count). The van der Waals surface area contributed by atoms with Crippen molar-refractivity contribution in [2.75, 3.05) is 4.72 Å². The second-order valence-electron chi connectivity index (χ2n) is 7.40. The zero-order valence-corrected chi connectivity index (χ0v) is 19.8. The van der Waals surface area contributed by atoms with Crippen molar-refractivity contribution in [2.45, 2.75) is 17.4 Å². The SMILES string of the molecule is NC(N)=Nc1cccc(S(=O)(=O)Nc2cccc(C(CC(=O)O)NC(=O)c3cccc(Cl)c3)c2)c1. The summed E-state index contributed by atoms with van der Waals surface area (Å²) >= 11 is 5.94. The molecule has 1 atom stereocenters. The molecule has 3 aromatic rings. The standard InChI is InChI=1S/C23H22ClN5O5S/c24-16-6-1-5-15(10-16)22(32)28-20(13-21(30)31)14-4-2-8-18(11-14)29-35(33,34)19-9-3-7-17(12-19)27-23(25)26/h1-12,20,29H,13H2,(H,28,32)(H,30,31)(H4,25,26,27). The number of aliphatic carboxylic acids is 1. The maximum Gasteiger partial charge on any atom is 0.305 e. The monoisotopic (exact) mass is 515 g/mol. The molecule has 3 aromatic carbocycles. The second-order valence-corrected chi connectivity index (χ2v) is 9.52. The molecule has 0 saturated carbocycles. The molecular formula is C23H22ClN5O5S. The van der Waals surface area contributed by atoms with Gasteiger partial charge < -0.3 is 21.9 Å². The van der Waals surface area contributed by atoms with Crippen LogP contribution in [0.25, 0.3) is 0 Å². The lowest BCUT2D eigenvalue weighted by Crippen LogP contribution is -2.30. The quantitative estimate of drug-likeness (QED) is 0.215. The highest BCUT2D eigenvalue weighted by molar-refractivity contribution is 7.92. The lowest BCUT2D eigenvalue weighted by molar-refractivity contribution is -0.137. The number of nitrogens with two attached hydrogens (primary N) is 2. The smallest absolute Gasteiger partial charge is 0.305 e. The summed E-state index contributed by atoms with van der Waals surface area (Å²) in [7, 11) is -4.03. The van der Waals surface area contributed by atoms with E-state index in [1.54, 1.807) is 36.4 Å². The highest BCUT2D eigenvalue weighted by Gasteiger charge is 2.21. The number of halogens is 1. The van der Waals surface area contributed by atoms with E-state index in [0.29, 0.717) is 10.6 Å². The zero-order valence-electron chi connectivity index (χ0n) is 18.2. The summed E-state index contributed by atoms with van der Waals surface area (Å²) in [5.41, 5.74) is 11.8. The van der Waals surface area contributed by atoms with Crippen molar-refractivity contribution < 1.29 is 23.1 Å². The number of carbonyl (C=O) groups excluding carboxylic acids is 1. The maximum absolute atomic E-state index is 12.9. The minimum absolute atomic E-state index is 0.0817. The molecule has 0 fully saturated rings. The number of carboxylic acids is 1. The van der Waals surface area contributed by atoms with Crippen LogP contribution in [-0.2, 0) is 14.8 Å². The first-order valence-electron chi connectivity index (χ1n) is 10.1. The minimum atomic E-state index is -4.03. The van der Waals surface area contributed by atoms with Crippen LogP contribution in [0.3, 0.4) is 0 Å². The molecule has 10 nitrogen and oxygen atoms in total. The van der Waals surface area contributed by atoms with Crippen molar-refractivity contribution in [1.29, 1.82) is 0 Å². The van der Waals surface area contributed by atoms with E-state index in [9.17, 15) is 23.1 Å². The van der Waals surface area contributed by atoms with Gasteiger partial charge in [-0.3, -0.25) is 14.3 Å². The van der Waals surface area contributed by atoms with Gasteiger partial charge in [0.05, 0.1) is 23.0 Å². The summed E-state index contributed by atoms with van der Waals surface area (Å²) in [5, 5.41) is 12.4. The average Bonchev–Trinajstić information content (AvgIpc) is 2.78. The van der Waals surface area contributed by atoms with Crippen LogP contribution in [0.5, 0.6) is 0 Å². The molecule has 0 bridgehead atoms. The van der Waals surface area contributed by atoms with Gasteiger partial charge >= 0.3 is 5.97 Å². The number of rotatable bonds is 9. The van der Waals surface area contributed by atoms with Crippen LogP contribution < -0.4 is 21.5 Å². The summed E-state index contributed by atoms with van der Waals surface area (Å²) in [6.07, 6.45) is -0.428. The van der Waals surface area contributed by atoms with Gasteiger partial charge in [-0.15, -0.1) is 0 Å². The summed E-state index contributed by atoms with van der Waals surface area (Å²) in [6, 6.07) is 17.0. The Labute approximate surface area is 206 Å². The molecule has 0 aliphatic heterocycles. The largest absolute Gasteiger partial charge is 0.481 e. The summed E-state index contributed by atoms with van der Waals surface area (Å²) in [5.74, 6) is -1.89. The first-order valence-corrected chi connectivity index (χ1v) is 12.0. The molecule has 0 aromatic heterocycles. The Hall–Kier alpha value is -4.09. The number of hydrogen-bond acceptors (Lipinski definition) is 5.